The third-order valence-electron chi connectivity index (χ3n) is 4.48. The molecule has 2 rings (SSSR count). The molecule has 1 heterocycles. The fourth-order valence-electron chi connectivity index (χ4n) is 3.12. The highest BCUT2D eigenvalue weighted by Crippen LogP contribution is 2.27. The molecular formula is C20H30N2O5. The average Bonchev–Trinajstić information content (AvgIpc) is 2.67. The van der Waals surface area contributed by atoms with E-state index in [1.165, 1.54) is 0 Å². The molecule has 1 aliphatic rings. The van der Waals surface area contributed by atoms with Crippen LogP contribution in [0.3, 0.4) is 0 Å². The molecule has 0 spiro atoms. The topological polar surface area (TPSA) is 77.1 Å². The van der Waals surface area contributed by atoms with Crippen molar-refractivity contribution in [1.29, 1.82) is 0 Å². The van der Waals surface area contributed by atoms with Gasteiger partial charge in [0.05, 0.1) is 33.9 Å². The predicted octanol–water partition coefficient (Wildman–Crippen LogP) is 1.64. The fourth-order valence-corrected chi connectivity index (χ4v) is 3.12. The molecule has 1 atom stereocenters. The van der Waals surface area contributed by atoms with Crippen LogP contribution in [-0.2, 0) is 20.7 Å². The summed E-state index contributed by atoms with van der Waals surface area (Å²) in [6.45, 7) is 6.30. The van der Waals surface area contributed by atoms with Gasteiger partial charge in [-0.25, -0.2) is 0 Å². The van der Waals surface area contributed by atoms with Gasteiger partial charge in [0.1, 0.15) is 6.04 Å². The lowest BCUT2D eigenvalue weighted by Gasteiger charge is -2.31. The van der Waals surface area contributed by atoms with Crippen molar-refractivity contribution >= 4 is 11.8 Å². The van der Waals surface area contributed by atoms with Gasteiger partial charge in [-0.2, -0.15) is 0 Å². The van der Waals surface area contributed by atoms with E-state index in [1.807, 2.05) is 19.9 Å². The second-order valence-electron chi connectivity index (χ2n) is 7.05. The van der Waals surface area contributed by atoms with E-state index in [0.717, 1.165) is 5.56 Å². The van der Waals surface area contributed by atoms with Crippen LogP contribution in [0.15, 0.2) is 18.2 Å². The Balaban J connectivity index is 2.03. The van der Waals surface area contributed by atoms with Crippen molar-refractivity contribution in [3.05, 3.63) is 23.8 Å². The lowest BCUT2D eigenvalue weighted by atomic mass is 10.0. The molecule has 7 heteroatoms. The summed E-state index contributed by atoms with van der Waals surface area (Å²) < 4.78 is 15.8. The molecule has 2 amide bonds. The number of hydrogen-bond acceptors (Lipinski definition) is 5. The number of nitrogens with one attached hydrogen (secondary N) is 1. The summed E-state index contributed by atoms with van der Waals surface area (Å²) in [6, 6.07) is 4.85. The summed E-state index contributed by atoms with van der Waals surface area (Å²) >= 11 is 0. The summed E-state index contributed by atoms with van der Waals surface area (Å²) in [5.74, 6) is 1.26. The molecule has 0 saturated carbocycles. The number of rotatable bonds is 8. The Morgan fingerprint density at radius 2 is 1.81 bits per heavy atom. The lowest BCUT2D eigenvalue weighted by molar-refractivity contribution is -0.140. The first-order valence-electron chi connectivity index (χ1n) is 9.31. The lowest BCUT2D eigenvalue weighted by Crippen LogP contribution is -2.52. The predicted molar refractivity (Wildman–Crippen MR) is 102 cm³/mol. The molecule has 150 valence electrons. The molecule has 0 unspecified atom stereocenters. The number of ether oxygens (including phenoxy) is 3. The third-order valence-corrected chi connectivity index (χ3v) is 4.48. The van der Waals surface area contributed by atoms with Crippen LogP contribution in [0.1, 0.15) is 25.8 Å². The highest BCUT2D eigenvalue weighted by atomic mass is 16.5. The first-order valence-corrected chi connectivity index (χ1v) is 9.31. The normalized spacial score (nSPS) is 15.4. The molecule has 27 heavy (non-hydrogen) atoms. The van der Waals surface area contributed by atoms with Crippen LogP contribution in [-0.4, -0.2) is 63.3 Å². The van der Waals surface area contributed by atoms with Crippen LogP contribution in [0.25, 0.3) is 0 Å². The Morgan fingerprint density at radius 1 is 1.15 bits per heavy atom. The molecular weight excluding hydrogens is 348 g/mol. The minimum absolute atomic E-state index is 0.0346. The first kappa shape index (κ1) is 21.0. The van der Waals surface area contributed by atoms with Crippen LogP contribution in [0, 0.1) is 5.92 Å². The molecule has 7 nitrogen and oxygen atoms in total. The Labute approximate surface area is 161 Å². The van der Waals surface area contributed by atoms with E-state index in [4.69, 9.17) is 14.2 Å². The molecule has 1 aromatic carbocycles. The van der Waals surface area contributed by atoms with E-state index < -0.39 is 6.04 Å². The molecule has 1 aromatic rings. The van der Waals surface area contributed by atoms with Crippen molar-refractivity contribution in [2.75, 3.05) is 40.5 Å². The van der Waals surface area contributed by atoms with Crippen molar-refractivity contribution in [2.24, 2.45) is 5.92 Å². The van der Waals surface area contributed by atoms with Gasteiger partial charge >= 0.3 is 0 Å². The first-order chi connectivity index (χ1) is 12.9. The Morgan fingerprint density at radius 3 is 2.41 bits per heavy atom. The molecule has 1 fully saturated rings. The van der Waals surface area contributed by atoms with Gasteiger partial charge < -0.3 is 24.4 Å². The van der Waals surface area contributed by atoms with Crippen molar-refractivity contribution in [3.63, 3.8) is 0 Å². The van der Waals surface area contributed by atoms with Crippen LogP contribution < -0.4 is 14.8 Å². The molecule has 1 aliphatic heterocycles. The average molecular weight is 378 g/mol. The van der Waals surface area contributed by atoms with Crippen molar-refractivity contribution in [1.82, 2.24) is 10.2 Å². The number of benzene rings is 1. The largest absolute Gasteiger partial charge is 0.493 e. The van der Waals surface area contributed by atoms with E-state index in [9.17, 15) is 9.59 Å². The fraction of sp³-hybridized carbons (Fsp3) is 0.600. The maximum absolute atomic E-state index is 12.8. The minimum Gasteiger partial charge on any atom is -0.493 e. The summed E-state index contributed by atoms with van der Waals surface area (Å²) in [5, 5.41) is 2.92. The summed E-state index contributed by atoms with van der Waals surface area (Å²) in [7, 11) is 3.12. The van der Waals surface area contributed by atoms with Gasteiger partial charge in [-0.15, -0.1) is 0 Å². The smallest absolute Gasteiger partial charge is 0.245 e. The monoisotopic (exact) mass is 378 g/mol. The highest BCUT2D eigenvalue weighted by molar-refractivity contribution is 5.88. The Bertz CT molecular complexity index is 641. The quantitative estimate of drug-likeness (QED) is 0.744. The van der Waals surface area contributed by atoms with Gasteiger partial charge in [-0.3, -0.25) is 9.59 Å². The number of carbonyl (C=O) groups is 2. The zero-order valence-corrected chi connectivity index (χ0v) is 16.6. The number of morpholine rings is 1. The van der Waals surface area contributed by atoms with Gasteiger partial charge in [0.15, 0.2) is 11.5 Å². The van der Waals surface area contributed by atoms with Crippen molar-refractivity contribution < 1.29 is 23.8 Å². The van der Waals surface area contributed by atoms with Gasteiger partial charge in [0.2, 0.25) is 11.8 Å². The molecule has 0 bridgehead atoms. The molecule has 0 aliphatic carbocycles. The van der Waals surface area contributed by atoms with E-state index in [-0.39, 0.29) is 18.2 Å². The molecule has 0 radical (unpaired) electrons. The number of amides is 2. The minimum atomic E-state index is -0.518. The van der Waals surface area contributed by atoms with Crippen LogP contribution >= 0.6 is 0 Å². The van der Waals surface area contributed by atoms with Crippen LogP contribution in [0.4, 0.5) is 0 Å². The van der Waals surface area contributed by atoms with E-state index >= 15 is 0 Å². The molecule has 1 N–H and O–H groups in total. The summed E-state index contributed by atoms with van der Waals surface area (Å²) in [6.07, 6.45) is 0.777. The van der Waals surface area contributed by atoms with Gasteiger partial charge in [-0.1, -0.05) is 19.9 Å². The van der Waals surface area contributed by atoms with E-state index in [2.05, 4.69) is 5.32 Å². The summed E-state index contributed by atoms with van der Waals surface area (Å²) in [4.78, 5) is 27.2. The van der Waals surface area contributed by atoms with Crippen LogP contribution in [0.2, 0.25) is 0 Å². The van der Waals surface area contributed by atoms with Crippen molar-refractivity contribution in [2.45, 2.75) is 32.7 Å². The Hall–Kier alpha value is -2.28. The molecule has 0 aromatic heterocycles. The number of carbonyl (C=O) groups excluding carboxylic acids is 2. The number of methoxy groups -OCH3 is 2. The van der Waals surface area contributed by atoms with Crippen molar-refractivity contribution in [3.8, 4) is 11.5 Å². The summed E-state index contributed by atoms with van der Waals surface area (Å²) in [5.41, 5.74) is 0.798. The SMILES string of the molecule is COc1ccc(CC(=O)N[C@H](CC(C)C)C(=O)N2CCOCC2)cc1OC. The second-order valence-corrected chi connectivity index (χ2v) is 7.05. The third kappa shape index (κ3) is 6.13. The van der Waals surface area contributed by atoms with Gasteiger partial charge in [0, 0.05) is 13.1 Å². The number of hydrogen-bond donors (Lipinski definition) is 1. The van der Waals surface area contributed by atoms with Gasteiger partial charge in [0.25, 0.3) is 0 Å². The molecule has 1 saturated heterocycles. The maximum atomic E-state index is 12.8. The zero-order valence-electron chi connectivity index (χ0n) is 16.6. The van der Waals surface area contributed by atoms with E-state index in [1.54, 1.807) is 31.3 Å². The highest BCUT2D eigenvalue weighted by Gasteiger charge is 2.27. The zero-order chi connectivity index (χ0) is 19.8. The Kier molecular flexibility index (Phi) is 7.91. The van der Waals surface area contributed by atoms with E-state index in [0.29, 0.717) is 50.1 Å². The standard InChI is InChI=1S/C20H30N2O5/c1-14(2)11-16(20(24)22-7-9-27-10-8-22)21-19(23)13-15-5-6-17(25-3)18(12-15)26-4/h5-6,12,14,16H,7-11,13H2,1-4H3,(H,21,23)/t16-/m1/s1. The second kappa shape index (κ2) is 10.2. The number of nitrogens with zero attached hydrogens (tertiary/aromatic N) is 1. The maximum Gasteiger partial charge on any atom is 0.245 e. The van der Waals surface area contributed by atoms with Crippen LogP contribution in [0.5, 0.6) is 11.5 Å². The van der Waals surface area contributed by atoms with Gasteiger partial charge in [-0.05, 0) is 30.0 Å².